The van der Waals surface area contributed by atoms with Crippen LogP contribution in [0.15, 0.2) is 24.3 Å². The molecule has 0 spiro atoms. The number of hydrogen-bond donors (Lipinski definition) is 1. The Balaban J connectivity index is 2.80. The van der Waals surface area contributed by atoms with Crippen molar-refractivity contribution in [2.75, 3.05) is 6.54 Å². The van der Waals surface area contributed by atoms with E-state index in [1.54, 1.807) is 24.0 Å². The summed E-state index contributed by atoms with van der Waals surface area (Å²) in [7, 11) is 0. The molecule has 2 amide bonds. The van der Waals surface area contributed by atoms with Gasteiger partial charge in [0, 0.05) is 24.5 Å². The number of rotatable bonds is 9. The molecule has 1 aromatic rings. The van der Waals surface area contributed by atoms with Gasteiger partial charge in [0.2, 0.25) is 11.8 Å². The molecule has 0 saturated heterocycles. The summed E-state index contributed by atoms with van der Waals surface area (Å²) in [5.74, 6) is -0.0996. The monoisotopic (exact) mass is 338 g/mol. The molecule has 0 aliphatic heterocycles. The van der Waals surface area contributed by atoms with Gasteiger partial charge in [0.1, 0.15) is 6.04 Å². The van der Waals surface area contributed by atoms with Crippen molar-refractivity contribution in [3.63, 3.8) is 0 Å². The van der Waals surface area contributed by atoms with Crippen LogP contribution in [0.1, 0.15) is 52.0 Å². The number of hydrogen-bond acceptors (Lipinski definition) is 2. The van der Waals surface area contributed by atoms with E-state index in [9.17, 15) is 9.59 Å². The van der Waals surface area contributed by atoms with Gasteiger partial charge in [-0.05, 0) is 37.5 Å². The van der Waals surface area contributed by atoms with Crippen LogP contribution in [0.25, 0.3) is 0 Å². The lowest BCUT2D eigenvalue weighted by Gasteiger charge is -2.28. The molecule has 0 bridgehead atoms. The molecule has 0 fully saturated rings. The minimum Gasteiger partial charge on any atom is -0.354 e. The van der Waals surface area contributed by atoms with Gasteiger partial charge in [-0.25, -0.2) is 0 Å². The van der Waals surface area contributed by atoms with Gasteiger partial charge in [0.15, 0.2) is 0 Å². The molecule has 1 atom stereocenters. The van der Waals surface area contributed by atoms with Gasteiger partial charge in [-0.1, -0.05) is 44.0 Å². The Hall–Kier alpha value is -1.55. The summed E-state index contributed by atoms with van der Waals surface area (Å²) in [6.07, 6.45) is 3.18. The molecule has 0 saturated carbocycles. The highest BCUT2D eigenvalue weighted by molar-refractivity contribution is 6.30. The van der Waals surface area contributed by atoms with E-state index in [4.69, 9.17) is 11.6 Å². The highest BCUT2D eigenvalue weighted by Crippen LogP contribution is 2.14. The predicted octanol–water partition coefficient (Wildman–Crippen LogP) is 3.77. The first-order valence-corrected chi connectivity index (χ1v) is 8.69. The summed E-state index contributed by atoms with van der Waals surface area (Å²) >= 11 is 5.90. The standard InChI is InChI=1S/C18H27ClN2O2/c1-4-6-12-20-18(23)14(3)21(17(22)7-5-2)13-15-8-10-16(19)11-9-15/h8-11,14H,4-7,12-13H2,1-3H3,(H,20,23). The Bertz CT molecular complexity index is 502. The van der Waals surface area contributed by atoms with Crippen molar-refractivity contribution >= 4 is 23.4 Å². The Morgan fingerprint density at radius 1 is 1.17 bits per heavy atom. The summed E-state index contributed by atoms with van der Waals surface area (Å²) in [5, 5.41) is 3.56. The van der Waals surface area contributed by atoms with Crippen molar-refractivity contribution < 1.29 is 9.59 Å². The zero-order chi connectivity index (χ0) is 17.2. The topological polar surface area (TPSA) is 49.4 Å². The molecule has 4 nitrogen and oxygen atoms in total. The van der Waals surface area contributed by atoms with Gasteiger partial charge in [-0.3, -0.25) is 9.59 Å². The lowest BCUT2D eigenvalue weighted by atomic mass is 10.1. The minimum absolute atomic E-state index is 0.000548. The van der Waals surface area contributed by atoms with Crippen molar-refractivity contribution in [1.29, 1.82) is 0 Å². The number of nitrogens with zero attached hydrogens (tertiary/aromatic N) is 1. The minimum atomic E-state index is -0.485. The van der Waals surface area contributed by atoms with Gasteiger partial charge in [-0.15, -0.1) is 0 Å². The van der Waals surface area contributed by atoms with Crippen LogP contribution in [0, 0.1) is 0 Å². The average molecular weight is 339 g/mol. The fraction of sp³-hybridized carbons (Fsp3) is 0.556. The maximum atomic E-state index is 12.4. The SMILES string of the molecule is CCCCNC(=O)C(C)N(Cc1ccc(Cl)cc1)C(=O)CCC. The Morgan fingerprint density at radius 3 is 2.39 bits per heavy atom. The van der Waals surface area contributed by atoms with Gasteiger partial charge in [-0.2, -0.15) is 0 Å². The molecule has 5 heteroatoms. The molecule has 1 aromatic carbocycles. The number of nitrogens with one attached hydrogen (secondary N) is 1. The summed E-state index contributed by atoms with van der Waals surface area (Å²) in [6, 6.07) is 6.88. The number of halogens is 1. The van der Waals surface area contributed by atoms with Gasteiger partial charge >= 0.3 is 0 Å². The Morgan fingerprint density at radius 2 is 1.83 bits per heavy atom. The van der Waals surface area contributed by atoms with Crippen molar-refractivity contribution in [3.8, 4) is 0 Å². The molecular weight excluding hydrogens is 312 g/mol. The Kier molecular flexibility index (Phi) is 8.70. The van der Waals surface area contributed by atoms with Gasteiger partial charge in [0.25, 0.3) is 0 Å². The van der Waals surface area contributed by atoms with Crippen molar-refractivity contribution in [3.05, 3.63) is 34.9 Å². The first-order valence-electron chi connectivity index (χ1n) is 8.31. The third-order valence-electron chi connectivity index (χ3n) is 3.73. The van der Waals surface area contributed by atoms with Crippen molar-refractivity contribution in [1.82, 2.24) is 10.2 Å². The van der Waals surface area contributed by atoms with Crippen LogP contribution < -0.4 is 5.32 Å². The zero-order valence-corrected chi connectivity index (χ0v) is 15.0. The smallest absolute Gasteiger partial charge is 0.242 e. The third-order valence-corrected chi connectivity index (χ3v) is 3.98. The predicted molar refractivity (Wildman–Crippen MR) is 94.3 cm³/mol. The van der Waals surface area contributed by atoms with Crippen LogP contribution in [0.5, 0.6) is 0 Å². The third kappa shape index (κ3) is 6.61. The summed E-state index contributed by atoms with van der Waals surface area (Å²) in [4.78, 5) is 26.3. The molecule has 0 aliphatic carbocycles. The van der Waals surface area contributed by atoms with Crippen LogP contribution >= 0.6 is 11.6 Å². The lowest BCUT2D eigenvalue weighted by molar-refractivity contribution is -0.140. The van der Waals surface area contributed by atoms with Crippen LogP contribution in [0.4, 0.5) is 0 Å². The fourth-order valence-electron chi connectivity index (χ4n) is 2.26. The first kappa shape index (κ1) is 19.5. The van der Waals surface area contributed by atoms with Crippen molar-refractivity contribution in [2.45, 2.75) is 59.0 Å². The summed E-state index contributed by atoms with van der Waals surface area (Å²) in [5.41, 5.74) is 0.965. The zero-order valence-electron chi connectivity index (χ0n) is 14.3. The molecule has 0 heterocycles. The quantitative estimate of drug-likeness (QED) is 0.697. The Labute approximate surface area is 144 Å². The molecule has 128 valence electrons. The van der Waals surface area contributed by atoms with Crippen LogP contribution in [0.2, 0.25) is 5.02 Å². The van der Waals surface area contributed by atoms with Gasteiger partial charge in [0.05, 0.1) is 0 Å². The van der Waals surface area contributed by atoms with E-state index in [1.807, 2.05) is 19.1 Å². The van der Waals surface area contributed by atoms with E-state index in [2.05, 4.69) is 12.2 Å². The normalized spacial score (nSPS) is 11.8. The maximum absolute atomic E-state index is 12.4. The second-order valence-electron chi connectivity index (χ2n) is 5.72. The molecule has 23 heavy (non-hydrogen) atoms. The van der Waals surface area contributed by atoms with Gasteiger partial charge < -0.3 is 10.2 Å². The van der Waals surface area contributed by atoms with Crippen LogP contribution in [-0.2, 0) is 16.1 Å². The van der Waals surface area contributed by atoms with E-state index < -0.39 is 6.04 Å². The van der Waals surface area contributed by atoms with Crippen LogP contribution in [0.3, 0.4) is 0 Å². The largest absolute Gasteiger partial charge is 0.354 e. The summed E-state index contributed by atoms with van der Waals surface area (Å²) < 4.78 is 0. The second kappa shape index (κ2) is 10.3. The highest BCUT2D eigenvalue weighted by atomic mass is 35.5. The second-order valence-corrected chi connectivity index (χ2v) is 6.16. The molecule has 1 rings (SSSR count). The van der Waals surface area contributed by atoms with E-state index >= 15 is 0 Å². The number of unbranched alkanes of at least 4 members (excludes halogenated alkanes) is 1. The molecular formula is C18H27ClN2O2. The fourth-order valence-corrected chi connectivity index (χ4v) is 2.39. The van der Waals surface area contributed by atoms with E-state index in [0.717, 1.165) is 24.8 Å². The number of carbonyl (C=O) groups excluding carboxylic acids is 2. The lowest BCUT2D eigenvalue weighted by Crippen LogP contribution is -2.47. The van der Waals surface area contributed by atoms with E-state index in [1.165, 1.54) is 0 Å². The molecule has 0 aromatic heterocycles. The van der Waals surface area contributed by atoms with Crippen LogP contribution in [-0.4, -0.2) is 29.3 Å². The maximum Gasteiger partial charge on any atom is 0.242 e. The first-order chi connectivity index (χ1) is 11.0. The number of benzene rings is 1. The highest BCUT2D eigenvalue weighted by Gasteiger charge is 2.25. The molecule has 1 unspecified atom stereocenters. The molecule has 0 aliphatic rings. The van der Waals surface area contributed by atoms with E-state index in [-0.39, 0.29) is 11.8 Å². The number of carbonyl (C=O) groups is 2. The van der Waals surface area contributed by atoms with E-state index in [0.29, 0.717) is 24.5 Å². The molecule has 0 radical (unpaired) electrons. The summed E-state index contributed by atoms with van der Waals surface area (Å²) in [6.45, 7) is 6.89. The number of amides is 2. The molecule has 1 N–H and O–H groups in total. The average Bonchev–Trinajstić information content (AvgIpc) is 2.54. The van der Waals surface area contributed by atoms with Crippen molar-refractivity contribution in [2.24, 2.45) is 0 Å².